The number of alkyl halides is 2. The molecular weight excluding hydrogens is 220 g/mol. The van der Waals surface area contributed by atoms with Gasteiger partial charge in [0.2, 0.25) is 0 Å². The van der Waals surface area contributed by atoms with E-state index in [2.05, 4.69) is 9.72 Å². The first kappa shape index (κ1) is 11.8. The number of hydrogen-bond donors (Lipinski definition) is 1. The largest absolute Gasteiger partial charge is 0.465 e. The highest BCUT2D eigenvalue weighted by Crippen LogP contribution is 2.29. The van der Waals surface area contributed by atoms with Crippen LogP contribution < -0.4 is 5.73 Å². The van der Waals surface area contributed by atoms with Gasteiger partial charge in [-0.05, 0) is 0 Å². The van der Waals surface area contributed by atoms with E-state index in [4.69, 9.17) is 11.0 Å². The van der Waals surface area contributed by atoms with Crippen molar-refractivity contribution in [3.8, 4) is 6.07 Å². The van der Waals surface area contributed by atoms with Crippen LogP contribution >= 0.6 is 0 Å². The summed E-state index contributed by atoms with van der Waals surface area (Å²) >= 11 is 0. The van der Waals surface area contributed by atoms with Gasteiger partial charge >= 0.3 is 5.97 Å². The minimum atomic E-state index is -2.98. The number of pyridine rings is 1. The van der Waals surface area contributed by atoms with Gasteiger partial charge in [-0.3, -0.25) is 0 Å². The number of methoxy groups -OCH3 is 1. The first-order valence-electron chi connectivity index (χ1n) is 4.07. The summed E-state index contributed by atoms with van der Waals surface area (Å²) in [6.45, 7) is 0. The second kappa shape index (κ2) is 4.53. The maximum atomic E-state index is 12.6. The molecule has 1 rings (SSSR count). The smallest absolute Gasteiger partial charge is 0.340 e. The molecule has 0 bridgehead atoms. The maximum absolute atomic E-state index is 12.6. The quantitative estimate of drug-likeness (QED) is 0.768. The minimum Gasteiger partial charge on any atom is -0.465 e. The van der Waals surface area contributed by atoms with Gasteiger partial charge in [0.25, 0.3) is 6.43 Å². The van der Waals surface area contributed by atoms with Crippen LogP contribution in [0.15, 0.2) is 6.20 Å². The molecule has 1 aromatic rings. The lowest BCUT2D eigenvalue weighted by Crippen LogP contribution is -2.10. The van der Waals surface area contributed by atoms with Crippen molar-refractivity contribution in [1.29, 1.82) is 5.26 Å². The van der Waals surface area contributed by atoms with Gasteiger partial charge in [-0.1, -0.05) is 0 Å². The van der Waals surface area contributed by atoms with E-state index in [-0.39, 0.29) is 5.56 Å². The second-order valence-electron chi connectivity index (χ2n) is 2.75. The van der Waals surface area contributed by atoms with Crippen molar-refractivity contribution >= 4 is 11.8 Å². The first-order valence-corrected chi connectivity index (χ1v) is 4.07. The molecule has 0 fully saturated rings. The number of nitriles is 1. The zero-order valence-corrected chi connectivity index (χ0v) is 8.20. The van der Waals surface area contributed by atoms with Crippen LogP contribution in [0.1, 0.15) is 27.9 Å². The van der Waals surface area contributed by atoms with Crippen LogP contribution in [0.4, 0.5) is 14.6 Å². The van der Waals surface area contributed by atoms with E-state index >= 15 is 0 Å². The fourth-order valence-corrected chi connectivity index (χ4v) is 1.15. The summed E-state index contributed by atoms with van der Waals surface area (Å²) in [5, 5.41) is 8.74. The van der Waals surface area contributed by atoms with E-state index in [0.717, 1.165) is 13.3 Å². The molecule has 0 atom stereocenters. The number of carbonyl (C=O) groups excluding carboxylic acids is 1. The lowest BCUT2D eigenvalue weighted by atomic mass is 10.0. The average Bonchev–Trinajstić information content (AvgIpc) is 2.26. The van der Waals surface area contributed by atoms with E-state index < -0.39 is 29.3 Å². The summed E-state index contributed by atoms with van der Waals surface area (Å²) in [5.74, 6) is -1.38. The van der Waals surface area contributed by atoms with Crippen molar-refractivity contribution in [1.82, 2.24) is 4.98 Å². The molecule has 0 radical (unpaired) electrons. The molecule has 0 aliphatic heterocycles. The lowest BCUT2D eigenvalue weighted by Gasteiger charge is -2.08. The van der Waals surface area contributed by atoms with Crippen LogP contribution in [0, 0.1) is 11.3 Å². The molecule has 0 spiro atoms. The van der Waals surface area contributed by atoms with E-state index in [9.17, 15) is 13.6 Å². The summed E-state index contributed by atoms with van der Waals surface area (Å²) in [6.07, 6.45) is -2.04. The van der Waals surface area contributed by atoms with Gasteiger partial charge in [0.1, 0.15) is 11.9 Å². The number of aromatic nitrogens is 1. The van der Waals surface area contributed by atoms with Crippen molar-refractivity contribution in [2.24, 2.45) is 0 Å². The zero-order chi connectivity index (χ0) is 12.3. The molecule has 1 heterocycles. The molecule has 0 amide bonds. The summed E-state index contributed by atoms with van der Waals surface area (Å²) in [5.41, 5.74) is 3.64. The number of esters is 1. The zero-order valence-electron chi connectivity index (χ0n) is 8.20. The molecule has 0 unspecified atom stereocenters. The molecule has 0 aromatic carbocycles. The number of nitrogens with zero attached hydrogens (tertiary/aromatic N) is 2. The predicted octanol–water partition coefficient (Wildman–Crippen LogP) is 1.26. The van der Waals surface area contributed by atoms with Crippen molar-refractivity contribution in [2.45, 2.75) is 6.43 Å². The molecule has 0 saturated heterocycles. The van der Waals surface area contributed by atoms with E-state index in [1.165, 1.54) is 6.07 Å². The molecule has 7 heteroatoms. The first-order chi connectivity index (χ1) is 7.52. The van der Waals surface area contributed by atoms with E-state index in [0.29, 0.717) is 0 Å². The second-order valence-corrected chi connectivity index (χ2v) is 2.75. The predicted molar refractivity (Wildman–Crippen MR) is 49.7 cm³/mol. The number of rotatable bonds is 2. The normalized spacial score (nSPS) is 9.94. The molecule has 5 nitrogen and oxygen atoms in total. The van der Waals surface area contributed by atoms with Gasteiger partial charge in [0.05, 0.1) is 23.8 Å². The standard InChI is InChI=1S/C9H7F2N3O2/c1-16-9(15)5-3-14-8(13)6(7(10)11)4(5)2-12/h3,7H,1H3,(H2,13,14). The maximum Gasteiger partial charge on any atom is 0.340 e. The fraction of sp³-hybridized carbons (Fsp3) is 0.222. The Morgan fingerprint density at radius 3 is 2.75 bits per heavy atom. The topological polar surface area (TPSA) is 89.0 Å². The lowest BCUT2D eigenvalue weighted by molar-refractivity contribution is 0.0599. The highest BCUT2D eigenvalue weighted by molar-refractivity contribution is 5.92. The Labute approximate surface area is 89.4 Å². The van der Waals surface area contributed by atoms with Gasteiger partial charge in [-0.2, -0.15) is 5.26 Å². The molecule has 84 valence electrons. The fourth-order valence-electron chi connectivity index (χ4n) is 1.15. The van der Waals surface area contributed by atoms with Crippen molar-refractivity contribution in [3.05, 3.63) is 22.9 Å². The minimum absolute atomic E-state index is 0.325. The van der Waals surface area contributed by atoms with Crippen LogP contribution in [0.3, 0.4) is 0 Å². The van der Waals surface area contributed by atoms with Gasteiger partial charge in [-0.15, -0.1) is 0 Å². The number of anilines is 1. The molecular formula is C9H7F2N3O2. The molecule has 0 aliphatic carbocycles. The van der Waals surface area contributed by atoms with Gasteiger partial charge in [0.15, 0.2) is 0 Å². The Bertz CT molecular complexity index is 469. The highest BCUT2D eigenvalue weighted by atomic mass is 19.3. The van der Waals surface area contributed by atoms with Gasteiger partial charge in [0, 0.05) is 6.20 Å². The Hall–Kier alpha value is -2.23. The average molecular weight is 227 g/mol. The molecule has 1 aromatic heterocycles. The van der Waals surface area contributed by atoms with Gasteiger partial charge < -0.3 is 10.5 Å². The van der Waals surface area contributed by atoms with Crippen LogP contribution in [0.25, 0.3) is 0 Å². The third kappa shape index (κ3) is 1.91. The number of nitrogens with two attached hydrogens (primary N) is 1. The molecule has 16 heavy (non-hydrogen) atoms. The van der Waals surface area contributed by atoms with Crippen LogP contribution in [-0.4, -0.2) is 18.1 Å². The third-order valence-electron chi connectivity index (χ3n) is 1.88. The van der Waals surface area contributed by atoms with Crippen LogP contribution in [-0.2, 0) is 4.74 Å². The Morgan fingerprint density at radius 1 is 1.69 bits per heavy atom. The van der Waals surface area contributed by atoms with E-state index in [1.54, 1.807) is 0 Å². The SMILES string of the molecule is COC(=O)c1cnc(N)c(C(F)F)c1C#N. The van der Waals surface area contributed by atoms with Crippen LogP contribution in [0.2, 0.25) is 0 Å². The Balaban J connectivity index is 3.51. The highest BCUT2D eigenvalue weighted by Gasteiger charge is 2.24. The Morgan fingerprint density at radius 2 is 2.31 bits per heavy atom. The van der Waals surface area contributed by atoms with E-state index in [1.807, 2.05) is 0 Å². The monoisotopic (exact) mass is 227 g/mol. The molecule has 2 N–H and O–H groups in total. The number of halogens is 2. The number of ether oxygens (including phenoxy) is 1. The number of carbonyl (C=O) groups is 1. The van der Waals surface area contributed by atoms with Gasteiger partial charge in [-0.25, -0.2) is 18.6 Å². The third-order valence-corrected chi connectivity index (χ3v) is 1.88. The summed E-state index contributed by atoms with van der Waals surface area (Å²) in [7, 11) is 1.07. The Kier molecular flexibility index (Phi) is 3.35. The summed E-state index contributed by atoms with van der Waals surface area (Å²) in [6, 6.07) is 1.50. The van der Waals surface area contributed by atoms with Crippen molar-refractivity contribution in [2.75, 3.05) is 12.8 Å². The number of hydrogen-bond acceptors (Lipinski definition) is 5. The van der Waals surface area contributed by atoms with Crippen LogP contribution in [0.5, 0.6) is 0 Å². The number of nitrogen functional groups attached to an aromatic ring is 1. The molecule has 0 aliphatic rings. The summed E-state index contributed by atoms with van der Waals surface area (Å²) < 4.78 is 29.5. The molecule has 0 saturated carbocycles. The van der Waals surface area contributed by atoms with Crippen molar-refractivity contribution in [3.63, 3.8) is 0 Å². The van der Waals surface area contributed by atoms with Crippen molar-refractivity contribution < 1.29 is 18.3 Å². The summed E-state index contributed by atoms with van der Waals surface area (Å²) in [4.78, 5) is 14.6.